The van der Waals surface area contributed by atoms with Crippen LogP contribution >= 0.6 is 11.8 Å². The summed E-state index contributed by atoms with van der Waals surface area (Å²) in [5.41, 5.74) is 1.36. The van der Waals surface area contributed by atoms with Gasteiger partial charge in [-0.2, -0.15) is 0 Å². The Kier molecular flexibility index (Phi) is 4.13. The number of thioether (sulfide) groups is 1. The Bertz CT molecular complexity index is 953. The van der Waals surface area contributed by atoms with E-state index in [2.05, 4.69) is 5.32 Å². The Balaban J connectivity index is 1.62. The standard InChI is InChI=1S/C19H16FNO3S/c1-23-15-4-2-3-11-9-16(24-18(11)15)19(22)21-14-7-8-25-17-6-5-12(20)10-13(14)17/h2-6,9-10,14H,7-8H2,1H3,(H,21,22). The highest BCUT2D eigenvalue weighted by atomic mass is 32.2. The Morgan fingerprint density at radius 2 is 2.20 bits per heavy atom. The van der Waals surface area contributed by atoms with E-state index < -0.39 is 0 Å². The van der Waals surface area contributed by atoms with Crippen molar-refractivity contribution in [1.29, 1.82) is 0 Å². The summed E-state index contributed by atoms with van der Waals surface area (Å²) in [7, 11) is 1.56. The predicted molar refractivity (Wildman–Crippen MR) is 94.7 cm³/mol. The molecule has 2 heterocycles. The summed E-state index contributed by atoms with van der Waals surface area (Å²) in [5, 5.41) is 3.76. The van der Waals surface area contributed by atoms with E-state index in [1.807, 2.05) is 12.1 Å². The first-order valence-corrected chi connectivity index (χ1v) is 8.94. The minimum absolute atomic E-state index is 0.218. The second-order valence-electron chi connectivity index (χ2n) is 5.83. The number of benzene rings is 2. The van der Waals surface area contributed by atoms with E-state index in [-0.39, 0.29) is 23.5 Å². The SMILES string of the molecule is COc1cccc2cc(C(=O)NC3CCSc4ccc(F)cc43)oc12. The average molecular weight is 357 g/mol. The van der Waals surface area contributed by atoms with E-state index in [0.717, 1.165) is 28.0 Å². The molecule has 4 rings (SSSR count). The van der Waals surface area contributed by atoms with E-state index in [9.17, 15) is 9.18 Å². The fourth-order valence-corrected chi connectivity index (χ4v) is 4.16. The first-order chi connectivity index (χ1) is 12.2. The van der Waals surface area contributed by atoms with Gasteiger partial charge in [-0.1, -0.05) is 12.1 Å². The number of hydrogen-bond acceptors (Lipinski definition) is 4. The summed E-state index contributed by atoms with van der Waals surface area (Å²) in [6.07, 6.45) is 0.746. The minimum atomic E-state index is -0.314. The van der Waals surface area contributed by atoms with Crippen LogP contribution in [0.15, 0.2) is 51.8 Å². The molecule has 1 aliphatic heterocycles. The number of nitrogens with one attached hydrogen (secondary N) is 1. The smallest absolute Gasteiger partial charge is 0.287 e. The van der Waals surface area contributed by atoms with Crippen LogP contribution < -0.4 is 10.1 Å². The molecule has 128 valence electrons. The zero-order chi connectivity index (χ0) is 17.4. The van der Waals surface area contributed by atoms with Crippen molar-refractivity contribution < 1.29 is 18.3 Å². The molecule has 0 fully saturated rings. The van der Waals surface area contributed by atoms with Crippen LogP contribution in [-0.2, 0) is 0 Å². The minimum Gasteiger partial charge on any atom is -0.493 e. The predicted octanol–water partition coefficient (Wildman–Crippen LogP) is 4.55. The molecule has 0 saturated heterocycles. The van der Waals surface area contributed by atoms with Gasteiger partial charge in [-0.05, 0) is 42.3 Å². The number of para-hydroxylation sites is 1. The first kappa shape index (κ1) is 16.0. The summed E-state index contributed by atoms with van der Waals surface area (Å²) in [6, 6.07) is 11.7. The molecule has 0 spiro atoms. The molecule has 1 aliphatic rings. The summed E-state index contributed by atoms with van der Waals surface area (Å²) in [5.74, 6) is 1.06. The number of furan rings is 1. The van der Waals surface area contributed by atoms with Gasteiger partial charge in [-0.3, -0.25) is 4.79 Å². The summed E-state index contributed by atoms with van der Waals surface area (Å²) >= 11 is 1.67. The van der Waals surface area contributed by atoms with Gasteiger partial charge in [0.1, 0.15) is 5.82 Å². The van der Waals surface area contributed by atoms with E-state index in [1.54, 1.807) is 37.1 Å². The lowest BCUT2D eigenvalue weighted by molar-refractivity contribution is 0.0909. The molecule has 0 aliphatic carbocycles. The van der Waals surface area contributed by atoms with Crippen LogP contribution in [0.4, 0.5) is 4.39 Å². The molecule has 25 heavy (non-hydrogen) atoms. The number of fused-ring (bicyclic) bond motifs is 2. The van der Waals surface area contributed by atoms with Gasteiger partial charge in [0.05, 0.1) is 13.2 Å². The molecule has 0 radical (unpaired) electrons. The average Bonchev–Trinajstić information content (AvgIpc) is 3.06. The quantitative estimate of drug-likeness (QED) is 0.747. The highest BCUT2D eigenvalue weighted by Crippen LogP contribution is 2.37. The largest absolute Gasteiger partial charge is 0.493 e. The van der Waals surface area contributed by atoms with Crippen molar-refractivity contribution in [3.05, 3.63) is 59.6 Å². The fraction of sp³-hybridized carbons (Fsp3) is 0.211. The van der Waals surface area contributed by atoms with Crippen LogP contribution in [-0.4, -0.2) is 18.8 Å². The molecule has 6 heteroatoms. The number of halogens is 1. The molecule has 1 atom stereocenters. The molecule has 0 saturated carbocycles. The molecular weight excluding hydrogens is 341 g/mol. The van der Waals surface area contributed by atoms with Crippen molar-refractivity contribution in [2.75, 3.05) is 12.9 Å². The van der Waals surface area contributed by atoms with Crippen molar-refractivity contribution in [3.63, 3.8) is 0 Å². The number of carbonyl (C=O) groups excluding carboxylic acids is 1. The first-order valence-electron chi connectivity index (χ1n) is 7.95. The maximum Gasteiger partial charge on any atom is 0.287 e. The van der Waals surface area contributed by atoms with Crippen LogP contribution in [0.2, 0.25) is 0 Å². The number of ether oxygens (including phenoxy) is 1. The second-order valence-corrected chi connectivity index (χ2v) is 6.97. The van der Waals surface area contributed by atoms with Gasteiger partial charge in [-0.15, -0.1) is 11.8 Å². The lowest BCUT2D eigenvalue weighted by Crippen LogP contribution is -2.30. The van der Waals surface area contributed by atoms with Crippen LogP contribution in [0.1, 0.15) is 28.6 Å². The summed E-state index contributed by atoms with van der Waals surface area (Å²) < 4.78 is 24.5. The molecule has 1 N–H and O–H groups in total. The number of amides is 1. The lowest BCUT2D eigenvalue weighted by atomic mass is 10.0. The fourth-order valence-electron chi connectivity index (χ4n) is 3.05. The number of methoxy groups -OCH3 is 1. The maximum absolute atomic E-state index is 13.6. The molecule has 0 bridgehead atoms. The molecule has 1 amide bonds. The van der Waals surface area contributed by atoms with Gasteiger partial charge >= 0.3 is 0 Å². The maximum atomic E-state index is 13.6. The van der Waals surface area contributed by atoms with Crippen LogP contribution in [0.25, 0.3) is 11.0 Å². The topological polar surface area (TPSA) is 51.5 Å². The van der Waals surface area contributed by atoms with Gasteiger partial charge in [0.15, 0.2) is 17.1 Å². The number of hydrogen-bond donors (Lipinski definition) is 1. The van der Waals surface area contributed by atoms with Crippen molar-refractivity contribution in [3.8, 4) is 5.75 Å². The zero-order valence-electron chi connectivity index (χ0n) is 13.5. The molecular formula is C19H16FNO3S. The Morgan fingerprint density at radius 3 is 3.04 bits per heavy atom. The van der Waals surface area contributed by atoms with Crippen LogP contribution in [0, 0.1) is 5.82 Å². The summed E-state index contributed by atoms with van der Waals surface area (Å²) in [4.78, 5) is 13.6. The van der Waals surface area contributed by atoms with Gasteiger partial charge in [0.25, 0.3) is 5.91 Å². The van der Waals surface area contributed by atoms with Crippen LogP contribution in [0.3, 0.4) is 0 Å². The summed E-state index contributed by atoms with van der Waals surface area (Å²) in [6.45, 7) is 0. The lowest BCUT2D eigenvalue weighted by Gasteiger charge is -2.25. The van der Waals surface area contributed by atoms with Crippen molar-refractivity contribution >= 4 is 28.6 Å². The van der Waals surface area contributed by atoms with Gasteiger partial charge in [0, 0.05) is 16.0 Å². The van der Waals surface area contributed by atoms with Gasteiger partial charge in [-0.25, -0.2) is 4.39 Å². The highest BCUT2D eigenvalue weighted by Gasteiger charge is 2.25. The molecule has 4 nitrogen and oxygen atoms in total. The highest BCUT2D eigenvalue weighted by molar-refractivity contribution is 7.99. The van der Waals surface area contributed by atoms with Crippen molar-refractivity contribution in [1.82, 2.24) is 5.32 Å². The second kappa shape index (κ2) is 6.44. The van der Waals surface area contributed by atoms with E-state index >= 15 is 0 Å². The van der Waals surface area contributed by atoms with E-state index in [1.165, 1.54) is 12.1 Å². The van der Waals surface area contributed by atoms with Gasteiger partial charge in [0.2, 0.25) is 0 Å². The van der Waals surface area contributed by atoms with Crippen molar-refractivity contribution in [2.45, 2.75) is 17.4 Å². The number of carbonyl (C=O) groups is 1. The third kappa shape index (κ3) is 2.98. The Labute approximate surface area is 148 Å². The molecule has 1 unspecified atom stereocenters. The Hall–Kier alpha value is -2.47. The normalized spacial score (nSPS) is 16.5. The van der Waals surface area contributed by atoms with E-state index in [4.69, 9.17) is 9.15 Å². The molecule has 2 aromatic carbocycles. The monoisotopic (exact) mass is 357 g/mol. The molecule has 1 aromatic heterocycles. The molecule has 3 aromatic rings. The van der Waals surface area contributed by atoms with Crippen molar-refractivity contribution in [2.24, 2.45) is 0 Å². The number of rotatable bonds is 3. The van der Waals surface area contributed by atoms with E-state index in [0.29, 0.717) is 11.3 Å². The van der Waals surface area contributed by atoms with Gasteiger partial charge < -0.3 is 14.5 Å². The van der Waals surface area contributed by atoms with Crippen LogP contribution in [0.5, 0.6) is 5.75 Å². The Morgan fingerprint density at radius 1 is 1.32 bits per heavy atom. The third-order valence-corrected chi connectivity index (χ3v) is 5.39. The zero-order valence-corrected chi connectivity index (χ0v) is 14.4. The third-order valence-electron chi connectivity index (χ3n) is 4.27.